The summed E-state index contributed by atoms with van der Waals surface area (Å²) in [6.07, 6.45) is -1.76. The molecule has 0 bridgehead atoms. The van der Waals surface area contributed by atoms with Crippen LogP contribution in [0.1, 0.15) is 43.9 Å². The van der Waals surface area contributed by atoms with E-state index >= 15 is 0 Å². The Hall–Kier alpha value is -3.58. The molecule has 0 saturated carbocycles. The highest BCUT2D eigenvalue weighted by Gasteiger charge is 2.39. The summed E-state index contributed by atoms with van der Waals surface area (Å²) in [5.74, 6) is -0.653. The van der Waals surface area contributed by atoms with Crippen LogP contribution in [0, 0.1) is 5.82 Å². The Morgan fingerprint density at radius 1 is 1.00 bits per heavy atom. The molecule has 218 valence electrons. The number of nitrogens with one attached hydrogen (secondary N) is 1. The van der Waals surface area contributed by atoms with Crippen molar-refractivity contribution in [3.05, 3.63) is 71.7 Å². The Bertz CT molecular complexity index is 1520. The Morgan fingerprint density at radius 3 is 2.32 bits per heavy atom. The van der Waals surface area contributed by atoms with Crippen LogP contribution >= 0.6 is 0 Å². The lowest BCUT2D eigenvalue weighted by molar-refractivity contribution is -0.137. The van der Waals surface area contributed by atoms with E-state index in [-0.39, 0.29) is 24.0 Å². The van der Waals surface area contributed by atoms with Gasteiger partial charge in [0.15, 0.2) is 0 Å². The summed E-state index contributed by atoms with van der Waals surface area (Å²) in [7, 11) is -4.02. The van der Waals surface area contributed by atoms with Crippen LogP contribution in [0.5, 0.6) is 0 Å². The van der Waals surface area contributed by atoms with E-state index < -0.39 is 39.5 Å². The zero-order valence-electron chi connectivity index (χ0n) is 22.2. The van der Waals surface area contributed by atoms with Crippen LogP contribution < -0.4 is 10.2 Å². The molecule has 2 aromatic carbocycles. The summed E-state index contributed by atoms with van der Waals surface area (Å²) < 4.78 is 80.1. The molecule has 0 unspecified atom stereocenters. The molecule has 3 heterocycles. The van der Waals surface area contributed by atoms with Gasteiger partial charge in [0.1, 0.15) is 11.9 Å². The van der Waals surface area contributed by atoms with Crippen molar-refractivity contribution in [1.82, 2.24) is 19.6 Å². The maximum absolute atomic E-state index is 13.3. The number of halogens is 4. The lowest BCUT2D eigenvalue weighted by Crippen LogP contribution is -2.45. The van der Waals surface area contributed by atoms with Gasteiger partial charge in [0.25, 0.3) is 0 Å². The van der Waals surface area contributed by atoms with Gasteiger partial charge in [-0.2, -0.15) is 17.5 Å². The van der Waals surface area contributed by atoms with Crippen LogP contribution in [0.25, 0.3) is 11.3 Å². The van der Waals surface area contributed by atoms with E-state index in [0.29, 0.717) is 35.7 Å². The summed E-state index contributed by atoms with van der Waals surface area (Å²) in [6.45, 7) is 2.88. The van der Waals surface area contributed by atoms with E-state index in [2.05, 4.69) is 15.3 Å². The van der Waals surface area contributed by atoms with E-state index in [9.17, 15) is 30.8 Å². The molecule has 0 aliphatic carbocycles. The third-order valence-corrected chi connectivity index (χ3v) is 9.38. The van der Waals surface area contributed by atoms with Gasteiger partial charge in [0.05, 0.1) is 28.4 Å². The number of carbonyl (C=O) groups is 1. The third kappa shape index (κ3) is 6.20. The van der Waals surface area contributed by atoms with Crippen molar-refractivity contribution in [1.29, 1.82) is 0 Å². The molecule has 2 atom stereocenters. The largest absolute Gasteiger partial charge is 0.416 e. The maximum atomic E-state index is 13.3. The topological polar surface area (TPSA) is 95.5 Å². The minimum Gasteiger partial charge on any atom is -0.349 e. The SMILES string of the molecule is C[C@H]1CCCN1c1nc(CNC(=O)[C@@H]2CCCN2S(=O)(=O)c2ccc(F)cc2)cc(-c2ccc(C(F)(F)F)cc2)n1. The first-order valence-electron chi connectivity index (χ1n) is 13.3. The fourth-order valence-electron chi connectivity index (χ4n) is 5.24. The maximum Gasteiger partial charge on any atom is 0.416 e. The molecule has 1 amide bonds. The highest BCUT2D eigenvalue weighted by atomic mass is 32.2. The van der Waals surface area contributed by atoms with Crippen molar-refractivity contribution in [3.8, 4) is 11.3 Å². The second-order valence-corrected chi connectivity index (χ2v) is 12.1. The van der Waals surface area contributed by atoms with Gasteiger partial charge < -0.3 is 10.2 Å². The van der Waals surface area contributed by atoms with Crippen LogP contribution in [0.4, 0.5) is 23.5 Å². The van der Waals surface area contributed by atoms with Gasteiger partial charge in [-0.15, -0.1) is 0 Å². The normalized spacial score (nSPS) is 20.0. The number of anilines is 1. The molecular weight excluding hydrogens is 562 g/mol. The van der Waals surface area contributed by atoms with Crippen molar-refractivity contribution in [2.75, 3.05) is 18.0 Å². The van der Waals surface area contributed by atoms with Gasteiger partial charge in [-0.05, 0) is 75.1 Å². The zero-order valence-corrected chi connectivity index (χ0v) is 23.1. The standard InChI is InChI=1S/C28H29F4N5O3S/c1-18-4-2-14-36(18)27-34-22(16-24(35-27)19-6-8-20(9-7-19)28(30,31)32)17-33-26(38)25-5-3-15-37(25)41(39,40)23-12-10-21(29)11-13-23/h6-13,16,18,25H,2-5,14-15,17H2,1H3,(H,33,38)/t18-,25-/m0/s1. The van der Waals surface area contributed by atoms with Crippen molar-refractivity contribution in [3.63, 3.8) is 0 Å². The summed E-state index contributed by atoms with van der Waals surface area (Å²) >= 11 is 0. The van der Waals surface area contributed by atoms with Crippen molar-refractivity contribution >= 4 is 21.9 Å². The number of sulfonamides is 1. The number of carbonyl (C=O) groups excluding carboxylic acids is 1. The average Bonchev–Trinajstić information content (AvgIpc) is 3.61. The molecule has 0 radical (unpaired) electrons. The van der Waals surface area contributed by atoms with Crippen LogP contribution in [-0.2, 0) is 27.5 Å². The first kappa shape index (κ1) is 28.9. The smallest absolute Gasteiger partial charge is 0.349 e. The van der Waals surface area contributed by atoms with Crippen LogP contribution in [0.2, 0.25) is 0 Å². The predicted octanol–water partition coefficient (Wildman–Crippen LogP) is 4.76. The lowest BCUT2D eigenvalue weighted by Gasteiger charge is -2.24. The molecule has 1 N–H and O–H groups in total. The number of hydrogen-bond acceptors (Lipinski definition) is 6. The fourth-order valence-corrected chi connectivity index (χ4v) is 6.89. The summed E-state index contributed by atoms with van der Waals surface area (Å²) in [6, 6.07) is 9.97. The van der Waals surface area contributed by atoms with E-state index in [4.69, 9.17) is 0 Å². The molecule has 41 heavy (non-hydrogen) atoms. The number of amides is 1. The molecule has 2 fully saturated rings. The molecule has 2 aliphatic heterocycles. The monoisotopic (exact) mass is 591 g/mol. The summed E-state index contributed by atoms with van der Waals surface area (Å²) in [4.78, 5) is 24.4. The highest BCUT2D eigenvalue weighted by molar-refractivity contribution is 7.89. The number of benzene rings is 2. The van der Waals surface area contributed by atoms with Crippen LogP contribution in [0.15, 0.2) is 59.5 Å². The second kappa shape index (κ2) is 11.4. The van der Waals surface area contributed by atoms with Gasteiger partial charge >= 0.3 is 6.18 Å². The fraction of sp³-hybridized carbons (Fsp3) is 0.393. The van der Waals surface area contributed by atoms with E-state index in [0.717, 1.165) is 48.0 Å². The lowest BCUT2D eigenvalue weighted by atomic mass is 10.1. The number of alkyl halides is 3. The van der Waals surface area contributed by atoms with Crippen LogP contribution in [0.3, 0.4) is 0 Å². The number of hydrogen-bond donors (Lipinski definition) is 1. The average molecular weight is 592 g/mol. The van der Waals surface area contributed by atoms with Crippen molar-refractivity contribution < 1.29 is 30.8 Å². The zero-order chi connectivity index (χ0) is 29.4. The van der Waals surface area contributed by atoms with Gasteiger partial charge in [-0.25, -0.2) is 22.8 Å². The van der Waals surface area contributed by atoms with Gasteiger partial charge in [-0.3, -0.25) is 4.79 Å². The quantitative estimate of drug-likeness (QED) is 0.398. The molecule has 8 nitrogen and oxygen atoms in total. The molecule has 3 aromatic rings. The van der Waals surface area contributed by atoms with Crippen molar-refractivity contribution in [2.45, 2.75) is 62.3 Å². The number of nitrogens with zero attached hydrogens (tertiary/aromatic N) is 4. The second-order valence-electron chi connectivity index (χ2n) is 10.2. The van der Waals surface area contributed by atoms with E-state index in [1.807, 2.05) is 11.8 Å². The Balaban J connectivity index is 1.37. The Kier molecular flexibility index (Phi) is 8.02. The van der Waals surface area contributed by atoms with Crippen molar-refractivity contribution in [2.24, 2.45) is 0 Å². The molecule has 13 heteroatoms. The van der Waals surface area contributed by atoms with Gasteiger partial charge in [-0.1, -0.05) is 12.1 Å². The van der Waals surface area contributed by atoms with Gasteiger partial charge in [0, 0.05) is 24.7 Å². The van der Waals surface area contributed by atoms with E-state index in [1.54, 1.807) is 6.07 Å². The first-order chi connectivity index (χ1) is 19.4. The summed E-state index contributed by atoms with van der Waals surface area (Å²) in [5, 5.41) is 2.78. The minimum absolute atomic E-state index is 0.0366. The third-order valence-electron chi connectivity index (χ3n) is 7.46. The van der Waals surface area contributed by atoms with E-state index in [1.165, 1.54) is 24.3 Å². The molecular formula is C28H29F4N5O3S. The molecule has 5 rings (SSSR count). The molecule has 0 spiro atoms. The Morgan fingerprint density at radius 2 is 1.68 bits per heavy atom. The molecule has 2 saturated heterocycles. The number of rotatable bonds is 7. The first-order valence-corrected chi connectivity index (χ1v) is 14.7. The molecule has 2 aliphatic rings. The summed E-state index contributed by atoms with van der Waals surface area (Å²) in [5.41, 5.74) is 0.540. The number of aromatic nitrogens is 2. The van der Waals surface area contributed by atoms with Gasteiger partial charge in [0.2, 0.25) is 21.9 Å². The molecule has 1 aromatic heterocycles. The minimum atomic E-state index is -4.46. The Labute approximate surface area is 235 Å². The van der Waals surface area contributed by atoms with Crippen LogP contribution in [-0.4, -0.2) is 53.8 Å². The highest BCUT2D eigenvalue weighted by Crippen LogP contribution is 2.32. The predicted molar refractivity (Wildman–Crippen MR) is 144 cm³/mol.